The number of aromatic amines is 2. The van der Waals surface area contributed by atoms with Crippen LogP contribution in [0, 0.1) is 18.7 Å². The molecule has 11 heteroatoms. The van der Waals surface area contributed by atoms with E-state index in [1.54, 1.807) is 29.8 Å². The molecule has 0 aliphatic heterocycles. The van der Waals surface area contributed by atoms with Crippen molar-refractivity contribution < 1.29 is 9.50 Å². The van der Waals surface area contributed by atoms with E-state index in [2.05, 4.69) is 35.5 Å². The third-order valence-corrected chi connectivity index (χ3v) is 7.11. The molecule has 6 rings (SSSR count). The largest absolute Gasteiger partial charge is 0.374 e. The maximum Gasteiger partial charge on any atom is 0.161 e. The van der Waals surface area contributed by atoms with E-state index >= 15 is 4.39 Å². The number of hydrogen-bond donors (Lipinski definition) is 4. The minimum Gasteiger partial charge on any atom is -0.374 e. The monoisotopic (exact) mass is 514 g/mol. The molecule has 0 aliphatic rings. The van der Waals surface area contributed by atoms with E-state index in [0.29, 0.717) is 33.8 Å². The van der Waals surface area contributed by atoms with Crippen LogP contribution in [0.15, 0.2) is 49.1 Å². The van der Waals surface area contributed by atoms with Gasteiger partial charge in [0.1, 0.15) is 28.8 Å². The lowest BCUT2D eigenvalue weighted by Gasteiger charge is -2.17. The van der Waals surface area contributed by atoms with Gasteiger partial charge in [0.25, 0.3) is 0 Å². The molecule has 0 saturated carbocycles. The van der Waals surface area contributed by atoms with Gasteiger partial charge in [0, 0.05) is 22.8 Å². The molecule has 0 amide bonds. The van der Waals surface area contributed by atoms with Crippen LogP contribution in [0.4, 0.5) is 10.1 Å². The van der Waals surface area contributed by atoms with E-state index in [-0.39, 0.29) is 17.0 Å². The molecule has 37 heavy (non-hydrogen) atoms. The van der Waals surface area contributed by atoms with Crippen LogP contribution in [-0.2, 0) is 0 Å². The first-order valence-corrected chi connectivity index (χ1v) is 12.5. The van der Waals surface area contributed by atoms with Gasteiger partial charge in [-0.2, -0.15) is 5.10 Å². The molecule has 0 aliphatic carbocycles. The Kier molecular flexibility index (Phi) is 5.65. The normalized spacial score (nSPS) is 12.6. The number of rotatable bonds is 6. The molecule has 4 N–H and O–H groups in total. The third kappa shape index (κ3) is 4.11. The maximum absolute atomic E-state index is 16.0. The average molecular weight is 515 g/mol. The Labute approximate surface area is 214 Å². The second-order valence-electron chi connectivity index (χ2n) is 9.13. The minimum absolute atomic E-state index is 0.00767. The molecule has 6 heterocycles. The fraction of sp³-hybridized carbons (Fsp3) is 0.192. The summed E-state index contributed by atoms with van der Waals surface area (Å²) < 4.78 is 16.0. The summed E-state index contributed by atoms with van der Waals surface area (Å²) in [7, 11) is 0. The second kappa shape index (κ2) is 9.02. The van der Waals surface area contributed by atoms with Crippen LogP contribution in [0.3, 0.4) is 0 Å². The van der Waals surface area contributed by atoms with Crippen LogP contribution < -0.4 is 5.32 Å². The molecule has 6 aromatic rings. The van der Waals surface area contributed by atoms with Crippen LogP contribution in [0.2, 0.25) is 0 Å². The van der Waals surface area contributed by atoms with Crippen LogP contribution in [-0.4, -0.2) is 46.5 Å². The fourth-order valence-corrected chi connectivity index (χ4v) is 4.99. The first-order valence-electron chi connectivity index (χ1n) is 11.7. The fourth-order valence-electron chi connectivity index (χ4n) is 4.12. The van der Waals surface area contributed by atoms with Crippen LogP contribution >= 0.6 is 11.3 Å². The van der Waals surface area contributed by atoms with Crippen molar-refractivity contribution in [2.24, 2.45) is 5.92 Å². The van der Waals surface area contributed by atoms with Crippen molar-refractivity contribution in [2.45, 2.75) is 27.0 Å². The number of fused-ring (bicyclic) bond motifs is 2. The minimum atomic E-state index is -0.761. The number of nitrogens with one attached hydrogen (secondary N) is 3. The van der Waals surface area contributed by atoms with Gasteiger partial charge in [-0.25, -0.2) is 9.37 Å². The Morgan fingerprint density at radius 1 is 1.03 bits per heavy atom. The zero-order chi connectivity index (χ0) is 25.7. The van der Waals surface area contributed by atoms with Gasteiger partial charge in [0.05, 0.1) is 39.4 Å². The molecule has 1 unspecified atom stereocenters. The average Bonchev–Trinajstić information content (AvgIpc) is 3.62. The number of anilines is 1. The zero-order valence-electron chi connectivity index (χ0n) is 20.2. The number of aliphatic hydroxyl groups is 1. The van der Waals surface area contributed by atoms with Crippen molar-refractivity contribution in [1.82, 2.24) is 35.1 Å². The quantitative estimate of drug-likeness (QED) is 0.215. The van der Waals surface area contributed by atoms with Crippen LogP contribution in [0.5, 0.6) is 0 Å². The van der Waals surface area contributed by atoms with Gasteiger partial charge < -0.3 is 15.4 Å². The summed E-state index contributed by atoms with van der Waals surface area (Å²) in [6.07, 6.45) is 5.61. The number of imidazole rings is 1. The van der Waals surface area contributed by atoms with Gasteiger partial charge in [0.2, 0.25) is 0 Å². The highest BCUT2D eigenvalue weighted by molar-refractivity contribution is 7.15. The number of aryl methyl sites for hydroxylation is 1. The van der Waals surface area contributed by atoms with Gasteiger partial charge in [-0.1, -0.05) is 13.8 Å². The summed E-state index contributed by atoms with van der Waals surface area (Å²) in [6.45, 7) is 5.83. The Bertz CT molecular complexity index is 1750. The molecule has 0 saturated heterocycles. The number of hydrogen-bond acceptors (Lipinski definition) is 8. The highest BCUT2D eigenvalue weighted by Crippen LogP contribution is 2.35. The van der Waals surface area contributed by atoms with Gasteiger partial charge in [-0.15, -0.1) is 11.3 Å². The van der Waals surface area contributed by atoms with E-state index in [0.717, 1.165) is 16.1 Å². The van der Waals surface area contributed by atoms with Gasteiger partial charge in [-0.05, 0) is 37.1 Å². The highest BCUT2D eigenvalue weighted by atomic mass is 32.1. The predicted octanol–water partition coefficient (Wildman–Crippen LogP) is 5.52. The molecule has 0 spiro atoms. The van der Waals surface area contributed by atoms with E-state index in [4.69, 9.17) is 4.98 Å². The van der Waals surface area contributed by atoms with Crippen LogP contribution in [0.1, 0.15) is 18.7 Å². The van der Waals surface area contributed by atoms with E-state index in [1.807, 2.05) is 39.0 Å². The third-order valence-electron chi connectivity index (χ3n) is 6.10. The summed E-state index contributed by atoms with van der Waals surface area (Å²) in [5.41, 5.74) is 4.18. The molecule has 0 radical (unpaired) electrons. The molecule has 0 fully saturated rings. The van der Waals surface area contributed by atoms with Gasteiger partial charge in [-0.3, -0.25) is 20.1 Å². The molecule has 9 nitrogen and oxygen atoms in total. The standard InChI is InChI=1S/C26H23FN8OS/c1-12(2)26(36)31-15-8-14(9-28-10-15)21-20(27)19-17(11-30-21)34-35-24(19)25-32-16-6-7-29-23(22(16)33-25)18-5-4-13(3)37-18/h4-12,26,31,36H,1-3H3,(H,32,33)(H,34,35). The first kappa shape index (κ1) is 23.2. The number of nitrogens with zero attached hydrogens (tertiary/aromatic N) is 5. The molecular formula is C26H23FN8OS. The zero-order valence-corrected chi connectivity index (χ0v) is 21.1. The van der Waals surface area contributed by atoms with Gasteiger partial charge >= 0.3 is 0 Å². The Morgan fingerprint density at radius 3 is 2.68 bits per heavy atom. The van der Waals surface area contributed by atoms with E-state index < -0.39 is 12.0 Å². The van der Waals surface area contributed by atoms with E-state index in [9.17, 15) is 5.11 Å². The molecule has 0 aromatic carbocycles. The van der Waals surface area contributed by atoms with Crippen LogP contribution in [0.25, 0.3) is 55.3 Å². The number of aliphatic hydroxyl groups excluding tert-OH is 1. The smallest absolute Gasteiger partial charge is 0.161 e. The second-order valence-corrected chi connectivity index (χ2v) is 10.4. The summed E-state index contributed by atoms with van der Waals surface area (Å²) in [6, 6.07) is 7.61. The van der Waals surface area contributed by atoms with Gasteiger partial charge in [0.15, 0.2) is 11.6 Å². The summed E-state index contributed by atoms with van der Waals surface area (Å²) in [4.78, 5) is 23.3. The molecule has 186 valence electrons. The lowest BCUT2D eigenvalue weighted by molar-refractivity contribution is 0.153. The first-order chi connectivity index (χ1) is 17.9. The summed E-state index contributed by atoms with van der Waals surface area (Å²) in [5, 5.41) is 20.6. The molecular weight excluding hydrogens is 491 g/mol. The van der Waals surface area contributed by atoms with Crippen molar-refractivity contribution in [3.05, 3.63) is 59.7 Å². The van der Waals surface area contributed by atoms with Crippen molar-refractivity contribution >= 4 is 39.0 Å². The highest BCUT2D eigenvalue weighted by Gasteiger charge is 2.22. The van der Waals surface area contributed by atoms with Crippen molar-refractivity contribution in [2.75, 3.05) is 5.32 Å². The number of aromatic nitrogens is 7. The maximum atomic E-state index is 16.0. The van der Waals surface area contributed by atoms with Crippen molar-refractivity contribution in [3.8, 4) is 33.3 Å². The summed E-state index contributed by atoms with van der Waals surface area (Å²) in [5.74, 6) is -0.127. The number of H-pyrrole nitrogens is 2. The lowest BCUT2D eigenvalue weighted by atomic mass is 10.1. The topological polar surface area (TPSA) is 128 Å². The molecule has 1 atom stereocenters. The predicted molar refractivity (Wildman–Crippen MR) is 142 cm³/mol. The number of thiophene rings is 1. The Balaban J connectivity index is 1.45. The Hall–Kier alpha value is -4.22. The summed E-state index contributed by atoms with van der Waals surface area (Å²) >= 11 is 1.64. The molecule has 6 aromatic heterocycles. The molecule has 0 bridgehead atoms. The number of halogens is 1. The number of pyridine rings is 3. The van der Waals surface area contributed by atoms with Crippen molar-refractivity contribution in [3.63, 3.8) is 0 Å². The lowest BCUT2D eigenvalue weighted by Crippen LogP contribution is -2.24. The SMILES string of the molecule is Cc1ccc(-c2nccc3[nH]c(-c4n[nH]c5cnc(-c6cncc(NC(O)C(C)C)c6)c(F)c45)nc23)s1. The van der Waals surface area contributed by atoms with Crippen molar-refractivity contribution in [1.29, 1.82) is 0 Å². The van der Waals surface area contributed by atoms with E-state index in [1.165, 1.54) is 17.3 Å². The Morgan fingerprint density at radius 2 is 1.89 bits per heavy atom.